The number of aromatic nitrogens is 4. The zero-order valence-corrected chi connectivity index (χ0v) is 19.4. The number of halogens is 2. The zero-order valence-electron chi connectivity index (χ0n) is 18.6. The number of nitrogen functional groups attached to an aromatic ring is 1. The molecule has 1 fully saturated rings. The third-order valence-corrected chi connectivity index (χ3v) is 7.57. The van der Waals surface area contributed by atoms with Crippen molar-refractivity contribution in [1.29, 1.82) is 0 Å². The van der Waals surface area contributed by atoms with Gasteiger partial charge in [-0.15, -0.1) is 0 Å². The minimum Gasteiger partial charge on any atom is -0.399 e. The van der Waals surface area contributed by atoms with Gasteiger partial charge in [0.15, 0.2) is 5.13 Å². The fourth-order valence-corrected chi connectivity index (χ4v) is 5.58. The first-order valence-electron chi connectivity index (χ1n) is 11.0. The maximum Gasteiger partial charge on any atom is 0.186 e. The lowest BCUT2D eigenvalue weighted by atomic mass is 9.85. The average Bonchev–Trinajstić information content (AvgIpc) is 3.48. The van der Waals surface area contributed by atoms with Gasteiger partial charge in [0.2, 0.25) is 0 Å². The molecule has 3 N–H and O–H groups in total. The van der Waals surface area contributed by atoms with Crippen LogP contribution in [0.25, 0.3) is 10.2 Å². The van der Waals surface area contributed by atoms with Gasteiger partial charge in [0.1, 0.15) is 29.9 Å². The van der Waals surface area contributed by atoms with Crippen LogP contribution in [-0.2, 0) is 12.1 Å². The minimum absolute atomic E-state index is 0.0176. The van der Waals surface area contributed by atoms with Crippen LogP contribution in [0.2, 0.25) is 0 Å². The van der Waals surface area contributed by atoms with Crippen LogP contribution in [0.1, 0.15) is 12.5 Å². The normalized spacial score (nSPS) is 17.7. The number of aliphatic hydroxyl groups is 1. The zero-order chi connectivity index (χ0) is 23.9. The Bertz CT molecular complexity index is 1290. The van der Waals surface area contributed by atoms with Crippen molar-refractivity contribution in [1.82, 2.24) is 24.6 Å². The van der Waals surface area contributed by atoms with Gasteiger partial charge in [-0.25, -0.2) is 23.4 Å². The highest BCUT2D eigenvalue weighted by Crippen LogP contribution is 2.35. The number of hydrogen-bond donors (Lipinski definition) is 2. The summed E-state index contributed by atoms with van der Waals surface area (Å²) in [5.41, 5.74) is 5.90. The molecule has 3 heterocycles. The fraction of sp³-hybridized carbons (Fsp3) is 0.348. The van der Waals surface area contributed by atoms with Crippen LogP contribution in [0.5, 0.6) is 0 Å². The third kappa shape index (κ3) is 4.22. The van der Waals surface area contributed by atoms with Crippen LogP contribution in [-0.4, -0.2) is 62.0 Å². The lowest BCUT2D eigenvalue weighted by Gasteiger charge is -2.44. The van der Waals surface area contributed by atoms with Gasteiger partial charge < -0.3 is 15.7 Å². The quantitative estimate of drug-likeness (QED) is 0.406. The highest BCUT2D eigenvalue weighted by atomic mass is 32.1. The van der Waals surface area contributed by atoms with Gasteiger partial charge in [-0.1, -0.05) is 17.4 Å². The van der Waals surface area contributed by atoms with Crippen LogP contribution in [0.3, 0.4) is 0 Å². The van der Waals surface area contributed by atoms with Crippen molar-refractivity contribution in [2.45, 2.75) is 25.1 Å². The van der Waals surface area contributed by atoms with E-state index in [1.807, 2.05) is 25.1 Å². The highest BCUT2D eigenvalue weighted by molar-refractivity contribution is 7.22. The summed E-state index contributed by atoms with van der Waals surface area (Å²) < 4.78 is 30.9. The van der Waals surface area contributed by atoms with Crippen molar-refractivity contribution in [3.05, 3.63) is 66.3 Å². The second-order valence-electron chi connectivity index (χ2n) is 8.56. The Hall–Kier alpha value is -3.15. The van der Waals surface area contributed by atoms with Gasteiger partial charge in [0.05, 0.1) is 16.8 Å². The van der Waals surface area contributed by atoms with E-state index in [0.29, 0.717) is 31.9 Å². The molecule has 178 valence electrons. The van der Waals surface area contributed by atoms with Crippen LogP contribution in [0.4, 0.5) is 19.6 Å². The molecule has 1 aliphatic heterocycles. The molecule has 0 radical (unpaired) electrons. The summed E-state index contributed by atoms with van der Waals surface area (Å²) in [4.78, 5) is 13.0. The van der Waals surface area contributed by atoms with Gasteiger partial charge in [0, 0.05) is 49.5 Å². The van der Waals surface area contributed by atoms with Crippen molar-refractivity contribution < 1.29 is 13.9 Å². The Balaban J connectivity index is 1.37. The molecule has 5 rings (SSSR count). The molecule has 4 aromatic rings. The van der Waals surface area contributed by atoms with E-state index in [1.54, 1.807) is 11.3 Å². The summed E-state index contributed by atoms with van der Waals surface area (Å²) in [6.45, 7) is 4.52. The molecule has 8 nitrogen and oxygen atoms in total. The number of nitrogens with zero attached hydrogens (tertiary/aromatic N) is 6. The van der Waals surface area contributed by atoms with Gasteiger partial charge in [-0.2, -0.15) is 5.10 Å². The van der Waals surface area contributed by atoms with E-state index in [9.17, 15) is 13.9 Å². The number of benzene rings is 2. The van der Waals surface area contributed by atoms with Crippen LogP contribution in [0, 0.1) is 11.6 Å². The van der Waals surface area contributed by atoms with E-state index in [2.05, 4.69) is 19.9 Å². The minimum atomic E-state index is -1.65. The molecule has 2 unspecified atom stereocenters. The first-order chi connectivity index (χ1) is 16.3. The van der Waals surface area contributed by atoms with E-state index in [-0.39, 0.29) is 12.1 Å². The molecule has 2 aromatic carbocycles. The SMILES string of the molecule is CC(N1CCN(c2nc3ccc(N)cc3s2)CC1)C(O)(Cn1cncn1)c1ccc(F)cc1F. The van der Waals surface area contributed by atoms with Crippen molar-refractivity contribution in [3.8, 4) is 0 Å². The second kappa shape index (κ2) is 8.90. The first kappa shape index (κ1) is 22.6. The smallest absolute Gasteiger partial charge is 0.186 e. The molecule has 0 saturated carbocycles. The number of thiazole rings is 1. The standard InChI is InChI=1S/C23H25F2N7OS/c1-15(23(33,12-32-14-27-13-28-32)18-4-2-16(24)10-19(18)25)30-6-8-31(9-7-30)22-29-20-5-3-17(26)11-21(20)34-22/h2-5,10-11,13-15,33H,6-9,12,26H2,1H3. The summed E-state index contributed by atoms with van der Waals surface area (Å²) in [5.74, 6) is -1.48. The Labute approximate surface area is 199 Å². The molecular formula is C23H25F2N7OS. The number of hydrogen-bond acceptors (Lipinski definition) is 8. The molecule has 2 atom stereocenters. The van der Waals surface area contributed by atoms with Crippen LogP contribution < -0.4 is 10.6 Å². The van der Waals surface area contributed by atoms with Crippen molar-refractivity contribution in [3.63, 3.8) is 0 Å². The van der Waals surface area contributed by atoms with Crippen molar-refractivity contribution >= 4 is 32.4 Å². The summed E-state index contributed by atoms with van der Waals surface area (Å²) in [6, 6.07) is 8.48. The topological polar surface area (TPSA) is 96.3 Å². The van der Waals surface area contributed by atoms with E-state index in [0.717, 1.165) is 27.5 Å². The molecule has 0 bridgehead atoms. The first-order valence-corrected chi connectivity index (χ1v) is 11.8. The monoisotopic (exact) mass is 485 g/mol. The van der Waals surface area contributed by atoms with Gasteiger partial charge in [0.25, 0.3) is 0 Å². The molecule has 0 spiro atoms. The highest BCUT2D eigenvalue weighted by Gasteiger charge is 2.42. The van der Waals surface area contributed by atoms with E-state index >= 15 is 0 Å². The number of piperazine rings is 1. The maximum atomic E-state index is 14.8. The Morgan fingerprint density at radius 3 is 2.65 bits per heavy atom. The van der Waals surface area contributed by atoms with Crippen LogP contribution in [0.15, 0.2) is 49.1 Å². The molecule has 1 saturated heterocycles. The van der Waals surface area contributed by atoms with Crippen LogP contribution >= 0.6 is 11.3 Å². The predicted molar refractivity (Wildman–Crippen MR) is 128 cm³/mol. The average molecular weight is 486 g/mol. The number of rotatable bonds is 6. The number of anilines is 2. The van der Waals surface area contributed by atoms with E-state index in [4.69, 9.17) is 10.7 Å². The molecule has 11 heteroatoms. The molecule has 0 aliphatic carbocycles. The molecule has 34 heavy (non-hydrogen) atoms. The van der Waals surface area contributed by atoms with Gasteiger partial charge in [-0.3, -0.25) is 4.90 Å². The Morgan fingerprint density at radius 1 is 1.15 bits per heavy atom. The number of fused-ring (bicyclic) bond motifs is 1. The molecule has 1 aliphatic rings. The molecule has 0 amide bonds. The van der Waals surface area contributed by atoms with E-state index in [1.165, 1.54) is 23.4 Å². The molecule has 2 aromatic heterocycles. The summed E-state index contributed by atoms with van der Waals surface area (Å²) in [7, 11) is 0. The summed E-state index contributed by atoms with van der Waals surface area (Å²) in [6.07, 6.45) is 2.83. The lowest BCUT2D eigenvalue weighted by Crippen LogP contribution is -2.57. The largest absolute Gasteiger partial charge is 0.399 e. The number of nitrogens with two attached hydrogens (primary N) is 1. The Morgan fingerprint density at radius 2 is 1.94 bits per heavy atom. The van der Waals surface area contributed by atoms with Crippen molar-refractivity contribution in [2.75, 3.05) is 36.8 Å². The Kier molecular flexibility index (Phi) is 5.92. The van der Waals surface area contributed by atoms with E-state index < -0.39 is 23.3 Å². The van der Waals surface area contributed by atoms with Crippen molar-refractivity contribution in [2.24, 2.45) is 0 Å². The third-order valence-electron chi connectivity index (χ3n) is 6.49. The fourth-order valence-electron chi connectivity index (χ4n) is 4.51. The van der Waals surface area contributed by atoms with Gasteiger partial charge in [-0.05, 0) is 31.2 Å². The summed E-state index contributed by atoms with van der Waals surface area (Å²) in [5, 5.41) is 16.8. The predicted octanol–water partition coefficient (Wildman–Crippen LogP) is 2.85. The maximum absolute atomic E-state index is 14.8. The summed E-state index contributed by atoms with van der Waals surface area (Å²) >= 11 is 1.60. The molecular weight excluding hydrogens is 460 g/mol. The second-order valence-corrected chi connectivity index (χ2v) is 9.57. The lowest BCUT2D eigenvalue weighted by molar-refractivity contribution is -0.0650. The van der Waals surface area contributed by atoms with Gasteiger partial charge >= 0.3 is 0 Å².